The van der Waals surface area contributed by atoms with E-state index in [0.29, 0.717) is 6.61 Å². The second-order valence-corrected chi connectivity index (χ2v) is 2.22. The van der Waals surface area contributed by atoms with Crippen LogP contribution in [0.3, 0.4) is 0 Å². The minimum atomic E-state index is 0.319. The zero-order valence-electron chi connectivity index (χ0n) is 5.28. The van der Waals surface area contributed by atoms with Crippen LogP contribution in [0.2, 0.25) is 4.55 Å². The number of aliphatic hydroxyl groups excluding tert-OH is 1. The van der Waals surface area contributed by atoms with Crippen molar-refractivity contribution in [3.8, 4) is 0 Å². The van der Waals surface area contributed by atoms with Crippen molar-refractivity contribution >= 4 is 21.7 Å². The minimum absolute atomic E-state index is 0.319. The standard InChI is InChI=1S/C3H8O.C2H5.Mg/c1-2-3-4;1-2;/h4H,2-3H2,1H3;1H2,2H3;/q;;+2. The molecule has 0 spiro atoms. The normalized spacial score (nSPS) is 6.86. The zero-order chi connectivity index (χ0) is 6.12. The molecule has 0 atom stereocenters. The van der Waals surface area contributed by atoms with Gasteiger partial charge in [-0.2, -0.15) is 0 Å². The van der Waals surface area contributed by atoms with E-state index in [1.165, 1.54) is 4.55 Å². The Balaban J connectivity index is 0. The highest BCUT2D eigenvalue weighted by atomic mass is 24.4. The number of rotatable bonds is 1. The second-order valence-electron chi connectivity index (χ2n) is 1.22. The molecule has 0 aliphatic heterocycles. The van der Waals surface area contributed by atoms with Gasteiger partial charge in [-0.05, 0) is 6.42 Å². The molecule has 7 radical (unpaired) electrons. The van der Waals surface area contributed by atoms with E-state index in [4.69, 9.17) is 5.11 Å². The summed E-state index contributed by atoms with van der Waals surface area (Å²) in [4.78, 5) is 0. The summed E-state index contributed by atoms with van der Waals surface area (Å²) in [6, 6.07) is 0. The highest BCUT2D eigenvalue weighted by Gasteiger charge is 2.13. The van der Waals surface area contributed by atoms with Crippen molar-refractivity contribution in [3.05, 3.63) is 0 Å². The Hall–Kier alpha value is 0.726. The first kappa shape index (κ1) is 10.7. The molecule has 0 fully saturated rings. The third kappa shape index (κ3) is 50.4. The molecule has 39 valence electrons. The molecule has 0 aromatic carbocycles. The molecule has 0 aliphatic carbocycles. The fourth-order valence-corrected chi connectivity index (χ4v) is 0. The number of aliphatic hydroxyl groups is 1. The van der Waals surface area contributed by atoms with Gasteiger partial charge in [-0.1, -0.05) is 6.92 Å². The van der Waals surface area contributed by atoms with E-state index in [1.807, 2.05) is 28.6 Å². The first-order chi connectivity index (χ1) is 3.33. The topological polar surface area (TPSA) is 20.2 Å². The van der Waals surface area contributed by atoms with Gasteiger partial charge in [-0.3, -0.25) is 0 Å². The molecule has 1 nitrogen and oxygen atoms in total. The fourth-order valence-electron chi connectivity index (χ4n) is 0. The van der Waals surface area contributed by atoms with Gasteiger partial charge in [-0.15, -0.1) is 0 Å². The van der Waals surface area contributed by atoms with E-state index in [0.717, 1.165) is 6.42 Å². The lowest BCUT2D eigenvalue weighted by Crippen LogP contribution is -1.69. The molecule has 0 unspecified atom stereocenters. The summed E-state index contributed by atoms with van der Waals surface area (Å²) in [6.07, 6.45) is 0.875. The molecule has 0 aliphatic rings. The Kier molecular flexibility index (Phi) is 24.2. The quantitative estimate of drug-likeness (QED) is 0.503. The average molecular weight is 113 g/mol. The predicted molar refractivity (Wildman–Crippen MR) is 33.6 cm³/mol. The third-order valence-electron chi connectivity index (χ3n) is 0.224. The Morgan fingerprint density at radius 1 is 1.43 bits per heavy atom. The van der Waals surface area contributed by atoms with E-state index in [-0.39, 0.29) is 0 Å². The van der Waals surface area contributed by atoms with E-state index < -0.39 is 0 Å². The Bertz CT molecular complexity index is 15.6. The third-order valence-corrected chi connectivity index (χ3v) is 0.224. The molecule has 0 aromatic rings. The number of hydrogen-bond donors (Lipinski definition) is 1. The smallest absolute Gasteiger partial charge is 0.396 e. The summed E-state index contributed by atoms with van der Waals surface area (Å²) in [7, 11) is 0. The zero-order valence-corrected chi connectivity index (χ0v) is 6.69. The van der Waals surface area contributed by atoms with Crippen LogP contribution in [0.25, 0.3) is 0 Å². The number of hydrogen-bond acceptors (Lipinski definition) is 1. The predicted octanol–water partition coefficient (Wildman–Crippen LogP) is 0.982. The lowest BCUT2D eigenvalue weighted by Gasteiger charge is -1.69. The molecule has 0 saturated heterocycles. The van der Waals surface area contributed by atoms with Crippen molar-refractivity contribution in [2.24, 2.45) is 0 Å². The van der Waals surface area contributed by atoms with E-state index >= 15 is 0 Å². The summed E-state index contributed by atoms with van der Waals surface area (Å²) >= 11 is 1.97. The molecule has 1 N–H and O–H groups in total. The van der Waals surface area contributed by atoms with E-state index in [1.54, 1.807) is 0 Å². The summed E-state index contributed by atoms with van der Waals surface area (Å²) in [5.41, 5.74) is 0. The van der Waals surface area contributed by atoms with Crippen molar-refractivity contribution in [1.82, 2.24) is 0 Å². The van der Waals surface area contributed by atoms with Crippen LogP contribution in [0.4, 0.5) is 0 Å². The Morgan fingerprint density at radius 2 is 1.57 bits per heavy atom. The van der Waals surface area contributed by atoms with Gasteiger partial charge in [0, 0.05) is 13.5 Å². The van der Waals surface area contributed by atoms with Gasteiger partial charge in [0.15, 0.2) is 0 Å². The van der Waals surface area contributed by atoms with Crippen LogP contribution < -0.4 is 0 Å². The van der Waals surface area contributed by atoms with Gasteiger partial charge in [0.1, 0.15) is 0 Å². The highest BCUT2D eigenvalue weighted by Crippen LogP contribution is 1.61. The van der Waals surface area contributed by atoms with E-state index in [9.17, 15) is 0 Å². The maximum atomic E-state index is 7.88. The molecular formula is C5H13MgO+2. The Morgan fingerprint density at radius 3 is 1.57 bits per heavy atom. The van der Waals surface area contributed by atoms with Crippen LogP contribution >= 0.6 is 0 Å². The monoisotopic (exact) mass is 113 g/mol. The van der Waals surface area contributed by atoms with E-state index in [2.05, 4.69) is 6.92 Å². The lowest BCUT2D eigenvalue weighted by atomic mass is 10.5. The molecule has 0 rings (SSSR count). The summed E-state index contributed by atoms with van der Waals surface area (Å²) in [5.74, 6) is 0. The van der Waals surface area contributed by atoms with Crippen LogP contribution in [0.5, 0.6) is 0 Å². The van der Waals surface area contributed by atoms with Crippen molar-refractivity contribution < 1.29 is 5.11 Å². The van der Waals surface area contributed by atoms with Crippen LogP contribution in [-0.2, 0) is 0 Å². The Labute approximate surface area is 58.6 Å². The van der Waals surface area contributed by atoms with Gasteiger partial charge in [-0.25, -0.2) is 0 Å². The van der Waals surface area contributed by atoms with Crippen LogP contribution in [0, 0.1) is 0 Å². The second kappa shape index (κ2) is 15.9. The highest BCUT2D eigenvalue weighted by molar-refractivity contribution is 6.08. The average Bonchev–Trinajstić information content (AvgIpc) is 1.69. The molecule has 0 saturated carbocycles. The first-order valence-corrected chi connectivity index (χ1v) is 3.73. The molecule has 0 heterocycles. The molecular weight excluding hydrogens is 100 g/mol. The maximum Gasteiger partial charge on any atom is 1.41 e. The minimum Gasteiger partial charge on any atom is -0.396 e. The first-order valence-electron chi connectivity index (χ1n) is 2.73. The maximum absolute atomic E-state index is 7.88. The van der Waals surface area contributed by atoms with Crippen molar-refractivity contribution in [3.63, 3.8) is 0 Å². The van der Waals surface area contributed by atoms with Crippen LogP contribution in [0.15, 0.2) is 0 Å². The molecule has 0 amide bonds. The summed E-state index contributed by atoms with van der Waals surface area (Å²) in [5, 5.41) is 7.88. The van der Waals surface area contributed by atoms with Gasteiger partial charge < -0.3 is 5.11 Å². The fraction of sp³-hybridized carbons (Fsp3) is 1.00. The molecule has 7 heavy (non-hydrogen) atoms. The van der Waals surface area contributed by atoms with Gasteiger partial charge in [0.2, 0.25) is 0 Å². The van der Waals surface area contributed by atoms with Crippen molar-refractivity contribution in [2.45, 2.75) is 24.8 Å². The summed E-state index contributed by atoms with van der Waals surface area (Å²) < 4.78 is 1.28. The molecule has 2 heteroatoms. The molecule has 0 aromatic heterocycles. The van der Waals surface area contributed by atoms with Gasteiger partial charge in [0.05, 0.1) is 0 Å². The van der Waals surface area contributed by atoms with Crippen LogP contribution in [0.1, 0.15) is 20.3 Å². The van der Waals surface area contributed by atoms with Gasteiger partial charge in [0.25, 0.3) is 4.55 Å². The lowest BCUT2D eigenvalue weighted by molar-refractivity contribution is 0.295. The largest absolute Gasteiger partial charge is 1.41 e. The SMILES string of the molecule is CCCO.C[CH2][Mg+2]. The summed E-state index contributed by atoms with van der Waals surface area (Å²) in [6.45, 7) is 4.39. The van der Waals surface area contributed by atoms with Gasteiger partial charge >= 0.3 is 21.7 Å². The molecule has 0 bridgehead atoms. The van der Waals surface area contributed by atoms with Crippen molar-refractivity contribution in [2.75, 3.05) is 6.61 Å². The van der Waals surface area contributed by atoms with Crippen molar-refractivity contribution in [1.29, 1.82) is 0 Å². The van der Waals surface area contributed by atoms with Crippen LogP contribution in [-0.4, -0.2) is 33.4 Å².